The maximum Gasteiger partial charge on any atom is 0.310 e. The van der Waals surface area contributed by atoms with Crippen molar-refractivity contribution in [3.63, 3.8) is 0 Å². The van der Waals surface area contributed by atoms with Gasteiger partial charge >= 0.3 is 5.97 Å². The first-order valence-corrected chi connectivity index (χ1v) is 6.98. The first kappa shape index (κ1) is 16.0. The molecule has 0 bridgehead atoms. The Hall–Kier alpha value is -1.10. The third-order valence-corrected chi connectivity index (χ3v) is 4.37. The lowest BCUT2D eigenvalue weighted by Gasteiger charge is -2.32. The van der Waals surface area contributed by atoms with Crippen LogP contribution in [-0.4, -0.2) is 34.2 Å². The van der Waals surface area contributed by atoms with Gasteiger partial charge in [-0.1, -0.05) is 26.7 Å². The summed E-state index contributed by atoms with van der Waals surface area (Å²) in [5, 5.41) is 21.9. The third kappa shape index (κ3) is 3.93. The van der Waals surface area contributed by atoms with Gasteiger partial charge in [0.25, 0.3) is 0 Å². The SMILES string of the molecule is CC(C)C(C)(CC(=O)N[C@@H]1CCCC[C@H]1O)C(=O)O. The number of aliphatic hydroxyl groups is 1. The molecule has 3 atom stereocenters. The Morgan fingerprint density at radius 2 is 1.89 bits per heavy atom. The van der Waals surface area contributed by atoms with Crippen LogP contribution in [0.5, 0.6) is 0 Å². The molecule has 0 aromatic heterocycles. The van der Waals surface area contributed by atoms with Crippen LogP contribution in [0, 0.1) is 11.3 Å². The molecule has 0 spiro atoms. The van der Waals surface area contributed by atoms with E-state index in [9.17, 15) is 19.8 Å². The molecule has 3 N–H and O–H groups in total. The fourth-order valence-electron chi connectivity index (χ4n) is 2.40. The van der Waals surface area contributed by atoms with E-state index in [0.29, 0.717) is 6.42 Å². The number of rotatable bonds is 5. The standard InChI is InChI=1S/C14H25NO4/c1-9(2)14(3,13(18)19)8-12(17)15-10-6-4-5-7-11(10)16/h9-11,16H,4-8H2,1-3H3,(H,15,17)(H,18,19)/t10-,11-,14?/m1/s1. The van der Waals surface area contributed by atoms with E-state index in [2.05, 4.69) is 5.32 Å². The van der Waals surface area contributed by atoms with Crippen molar-refractivity contribution in [2.75, 3.05) is 0 Å². The van der Waals surface area contributed by atoms with Crippen molar-refractivity contribution in [1.29, 1.82) is 0 Å². The summed E-state index contributed by atoms with van der Waals surface area (Å²) in [6, 6.07) is -0.230. The lowest BCUT2D eigenvalue weighted by atomic mass is 9.76. The minimum Gasteiger partial charge on any atom is -0.481 e. The molecule has 19 heavy (non-hydrogen) atoms. The summed E-state index contributed by atoms with van der Waals surface area (Å²) in [5.41, 5.74) is -1.07. The van der Waals surface area contributed by atoms with Crippen molar-refractivity contribution >= 4 is 11.9 Å². The molecule has 0 saturated heterocycles. The van der Waals surface area contributed by atoms with Gasteiger partial charge in [-0.15, -0.1) is 0 Å². The average Bonchev–Trinajstić information content (AvgIpc) is 2.31. The predicted octanol–water partition coefficient (Wildman–Crippen LogP) is 1.54. The van der Waals surface area contributed by atoms with Crippen molar-refractivity contribution in [1.82, 2.24) is 5.32 Å². The average molecular weight is 271 g/mol. The number of carboxylic acids is 1. The van der Waals surface area contributed by atoms with Crippen LogP contribution in [0.25, 0.3) is 0 Å². The Kier molecular flexibility index (Phi) is 5.35. The third-order valence-electron chi connectivity index (χ3n) is 4.37. The number of carbonyl (C=O) groups is 2. The molecule has 1 unspecified atom stereocenters. The molecule has 1 amide bonds. The number of nitrogens with one attached hydrogen (secondary N) is 1. The Balaban J connectivity index is 2.60. The number of aliphatic carboxylic acids is 1. The van der Waals surface area contributed by atoms with Crippen LogP contribution < -0.4 is 5.32 Å². The van der Waals surface area contributed by atoms with Crippen molar-refractivity contribution in [2.45, 2.75) is 65.0 Å². The second kappa shape index (κ2) is 6.37. The van der Waals surface area contributed by atoms with Crippen LogP contribution in [0.3, 0.4) is 0 Å². The number of hydrogen-bond acceptors (Lipinski definition) is 3. The maximum absolute atomic E-state index is 12.0. The van der Waals surface area contributed by atoms with Gasteiger partial charge in [0, 0.05) is 6.42 Å². The van der Waals surface area contributed by atoms with Gasteiger partial charge in [0.1, 0.15) is 0 Å². The molecular weight excluding hydrogens is 246 g/mol. The van der Waals surface area contributed by atoms with Gasteiger partial charge in [0.2, 0.25) is 5.91 Å². The Morgan fingerprint density at radius 3 is 2.37 bits per heavy atom. The van der Waals surface area contributed by atoms with Gasteiger partial charge < -0.3 is 15.5 Å². The molecule has 110 valence electrons. The molecule has 1 fully saturated rings. The minimum absolute atomic E-state index is 0.0524. The number of carbonyl (C=O) groups excluding carboxylic acids is 1. The van der Waals surface area contributed by atoms with Crippen LogP contribution in [0.15, 0.2) is 0 Å². The second-order valence-electron chi connectivity index (χ2n) is 6.08. The first-order chi connectivity index (χ1) is 8.77. The lowest BCUT2D eigenvalue weighted by Crippen LogP contribution is -2.47. The van der Waals surface area contributed by atoms with Crippen molar-refractivity contribution < 1.29 is 19.8 Å². The zero-order valence-corrected chi connectivity index (χ0v) is 12.0. The summed E-state index contributed by atoms with van der Waals surface area (Å²) in [4.78, 5) is 23.3. The van der Waals surface area contributed by atoms with E-state index in [1.54, 1.807) is 20.8 Å². The van der Waals surface area contributed by atoms with Gasteiger partial charge in [-0.25, -0.2) is 0 Å². The molecule has 5 nitrogen and oxygen atoms in total. The zero-order chi connectivity index (χ0) is 14.6. The summed E-state index contributed by atoms with van der Waals surface area (Å²) in [5.74, 6) is -1.38. The molecule has 0 heterocycles. The lowest BCUT2D eigenvalue weighted by molar-refractivity contribution is -0.153. The molecule has 0 aromatic rings. The van der Waals surface area contributed by atoms with E-state index in [0.717, 1.165) is 19.3 Å². The van der Waals surface area contributed by atoms with E-state index >= 15 is 0 Å². The van der Waals surface area contributed by atoms with E-state index in [-0.39, 0.29) is 24.3 Å². The molecule has 1 aliphatic rings. The smallest absolute Gasteiger partial charge is 0.310 e. The minimum atomic E-state index is -1.07. The van der Waals surface area contributed by atoms with Gasteiger partial charge in [0.15, 0.2) is 0 Å². The van der Waals surface area contributed by atoms with Crippen molar-refractivity contribution in [3.8, 4) is 0 Å². The highest BCUT2D eigenvalue weighted by Crippen LogP contribution is 2.31. The van der Waals surface area contributed by atoms with E-state index in [1.807, 2.05) is 0 Å². The number of aliphatic hydroxyl groups excluding tert-OH is 1. The van der Waals surface area contributed by atoms with Crippen LogP contribution in [-0.2, 0) is 9.59 Å². The molecule has 5 heteroatoms. The molecule has 1 aliphatic carbocycles. The predicted molar refractivity (Wildman–Crippen MR) is 71.6 cm³/mol. The van der Waals surface area contributed by atoms with Crippen molar-refractivity contribution in [2.24, 2.45) is 11.3 Å². The first-order valence-electron chi connectivity index (χ1n) is 6.98. The zero-order valence-electron chi connectivity index (χ0n) is 12.0. The van der Waals surface area contributed by atoms with E-state index < -0.39 is 17.5 Å². The topological polar surface area (TPSA) is 86.6 Å². The Morgan fingerprint density at radius 1 is 1.32 bits per heavy atom. The molecule has 0 aromatic carbocycles. The molecule has 0 radical (unpaired) electrons. The summed E-state index contributed by atoms with van der Waals surface area (Å²) in [6.07, 6.45) is 2.87. The summed E-state index contributed by atoms with van der Waals surface area (Å²) >= 11 is 0. The maximum atomic E-state index is 12.0. The number of amides is 1. The van der Waals surface area contributed by atoms with E-state index in [4.69, 9.17) is 0 Å². The van der Waals surface area contributed by atoms with Crippen molar-refractivity contribution in [3.05, 3.63) is 0 Å². The molecule has 0 aliphatic heterocycles. The van der Waals surface area contributed by atoms with Gasteiger partial charge in [-0.05, 0) is 25.7 Å². The van der Waals surface area contributed by atoms with Gasteiger partial charge in [0.05, 0.1) is 17.6 Å². The molecule has 1 saturated carbocycles. The van der Waals surface area contributed by atoms with Crippen LogP contribution in [0.1, 0.15) is 52.9 Å². The molecular formula is C14H25NO4. The van der Waals surface area contributed by atoms with E-state index in [1.165, 1.54) is 0 Å². The Bertz CT molecular complexity index is 342. The fourth-order valence-corrected chi connectivity index (χ4v) is 2.40. The monoisotopic (exact) mass is 271 g/mol. The normalized spacial score (nSPS) is 26.8. The van der Waals surface area contributed by atoms with Gasteiger partial charge in [-0.3, -0.25) is 9.59 Å². The summed E-state index contributed by atoms with van der Waals surface area (Å²) in [7, 11) is 0. The quantitative estimate of drug-likeness (QED) is 0.708. The number of carboxylic acid groups (broad SMARTS) is 1. The largest absolute Gasteiger partial charge is 0.481 e. The van der Waals surface area contributed by atoms with Crippen LogP contribution in [0.4, 0.5) is 0 Å². The second-order valence-corrected chi connectivity index (χ2v) is 6.08. The summed E-state index contributed by atoms with van der Waals surface area (Å²) < 4.78 is 0. The highest BCUT2D eigenvalue weighted by atomic mass is 16.4. The highest BCUT2D eigenvalue weighted by molar-refractivity contribution is 5.85. The summed E-state index contributed by atoms with van der Waals surface area (Å²) in [6.45, 7) is 5.20. The van der Waals surface area contributed by atoms with Crippen LogP contribution >= 0.6 is 0 Å². The molecule has 1 rings (SSSR count). The number of hydrogen-bond donors (Lipinski definition) is 3. The Labute approximate surface area is 114 Å². The highest BCUT2D eigenvalue weighted by Gasteiger charge is 2.39. The fraction of sp³-hybridized carbons (Fsp3) is 0.857. The van der Waals surface area contributed by atoms with Crippen LogP contribution in [0.2, 0.25) is 0 Å². The van der Waals surface area contributed by atoms with Gasteiger partial charge in [-0.2, -0.15) is 0 Å².